The highest BCUT2D eigenvalue weighted by Crippen LogP contribution is 2.47. The topological polar surface area (TPSA) is 26.2 Å². The van der Waals surface area contributed by atoms with Crippen LogP contribution in [0, 0.1) is 0 Å². The molecule has 0 aliphatic heterocycles. The van der Waals surface area contributed by atoms with Gasteiger partial charge in [0.25, 0.3) is 0 Å². The second-order valence-electron chi connectivity index (χ2n) is 18.1. The first-order valence-electron chi connectivity index (χ1n) is 23.9. The van der Waals surface area contributed by atoms with E-state index >= 15 is 0 Å². The summed E-state index contributed by atoms with van der Waals surface area (Å²) < 4.78 is 11.7. The minimum Gasteiger partial charge on any atom is -0.455 e. The average molecular weight is 894 g/mol. The lowest BCUT2D eigenvalue weighted by Crippen LogP contribution is -2.10. The molecule has 328 valence electrons. The first-order valence-corrected chi connectivity index (χ1v) is 23.9. The molecule has 70 heavy (non-hydrogen) atoms. The number of nitrogens with zero attached hydrogens (tertiary/aromatic N) is 3. The van der Waals surface area contributed by atoms with Crippen LogP contribution in [0.3, 0.4) is 0 Å². The van der Waals surface area contributed by atoms with Crippen molar-refractivity contribution in [3.63, 3.8) is 0 Å². The standard InChI is InChI=1S/C66H43N3O/c1-4-16-44(17-5-1)45-28-34-51(35-29-45)67(52-36-30-46(31-37-52)47-32-39-61-57(42-47)54-22-10-13-25-59(54)68(61)49-18-6-2-7-19-49)63-41-38-53(66-65(63)56-24-12-15-27-64(56)70-66)48-33-40-62-58(43-48)55-23-11-14-26-60(55)69(62)50-20-8-3-9-21-50/h1-43H. The molecule has 0 atom stereocenters. The van der Waals surface area contributed by atoms with Gasteiger partial charge in [-0.2, -0.15) is 0 Å². The Balaban J connectivity index is 0.929. The molecule has 0 amide bonds. The van der Waals surface area contributed by atoms with E-state index in [-0.39, 0.29) is 0 Å². The number of aromatic nitrogens is 2. The van der Waals surface area contributed by atoms with Crippen molar-refractivity contribution in [1.82, 2.24) is 9.13 Å². The Labute approximate surface area is 404 Å². The normalized spacial score (nSPS) is 11.7. The number of hydrogen-bond donors (Lipinski definition) is 0. The van der Waals surface area contributed by atoms with Crippen LogP contribution in [-0.4, -0.2) is 9.13 Å². The maximum absolute atomic E-state index is 6.99. The Morgan fingerprint density at radius 2 is 0.729 bits per heavy atom. The van der Waals surface area contributed by atoms with Gasteiger partial charge in [-0.25, -0.2) is 0 Å². The maximum atomic E-state index is 6.99. The van der Waals surface area contributed by atoms with Crippen LogP contribution in [0.25, 0.3) is 110 Å². The van der Waals surface area contributed by atoms with Gasteiger partial charge in [0.1, 0.15) is 11.2 Å². The van der Waals surface area contributed by atoms with Crippen molar-refractivity contribution in [2.24, 2.45) is 0 Å². The Morgan fingerprint density at radius 3 is 1.31 bits per heavy atom. The van der Waals surface area contributed by atoms with Crippen LogP contribution in [-0.2, 0) is 0 Å². The predicted molar refractivity (Wildman–Crippen MR) is 293 cm³/mol. The minimum atomic E-state index is 0.853. The summed E-state index contributed by atoms with van der Waals surface area (Å²) in [6, 6.07) is 94.0. The Bertz CT molecular complexity index is 4260. The summed E-state index contributed by atoms with van der Waals surface area (Å²) in [5.41, 5.74) is 18.7. The second kappa shape index (κ2) is 16.2. The Kier molecular flexibility index (Phi) is 9.17. The van der Waals surface area contributed by atoms with Gasteiger partial charge in [-0.05, 0) is 131 Å². The lowest BCUT2D eigenvalue weighted by Gasteiger charge is -2.27. The monoisotopic (exact) mass is 893 g/mol. The van der Waals surface area contributed by atoms with Gasteiger partial charge < -0.3 is 18.5 Å². The molecule has 0 radical (unpaired) electrons. The second-order valence-corrected chi connectivity index (χ2v) is 18.1. The molecule has 0 fully saturated rings. The number of para-hydroxylation sites is 5. The van der Waals surface area contributed by atoms with E-state index < -0.39 is 0 Å². The molecule has 0 aliphatic carbocycles. The molecule has 14 rings (SSSR count). The van der Waals surface area contributed by atoms with Gasteiger partial charge >= 0.3 is 0 Å². The van der Waals surface area contributed by atoms with E-state index in [0.29, 0.717) is 0 Å². The summed E-state index contributed by atoms with van der Waals surface area (Å²) in [7, 11) is 0. The van der Waals surface area contributed by atoms with E-state index in [2.05, 4.69) is 275 Å². The number of furan rings is 1. The van der Waals surface area contributed by atoms with Crippen LogP contribution in [0.5, 0.6) is 0 Å². The van der Waals surface area contributed by atoms with E-state index in [4.69, 9.17) is 4.42 Å². The lowest BCUT2D eigenvalue weighted by atomic mass is 9.98. The lowest BCUT2D eigenvalue weighted by molar-refractivity contribution is 0.670. The highest BCUT2D eigenvalue weighted by Gasteiger charge is 2.24. The average Bonchev–Trinajstić information content (AvgIpc) is 4.10. The van der Waals surface area contributed by atoms with Gasteiger partial charge in [-0.15, -0.1) is 0 Å². The van der Waals surface area contributed by atoms with Gasteiger partial charge in [0, 0.05) is 55.2 Å². The molecular formula is C66H43N3O. The molecule has 0 unspecified atom stereocenters. The fraction of sp³-hybridized carbons (Fsp3) is 0. The van der Waals surface area contributed by atoms with Crippen LogP contribution in [0.2, 0.25) is 0 Å². The zero-order valence-electron chi connectivity index (χ0n) is 38.1. The highest BCUT2D eigenvalue weighted by atomic mass is 16.3. The molecule has 4 nitrogen and oxygen atoms in total. The Morgan fingerprint density at radius 1 is 0.300 bits per heavy atom. The summed E-state index contributed by atoms with van der Waals surface area (Å²) in [6.45, 7) is 0. The van der Waals surface area contributed by atoms with E-state index in [1.165, 1.54) is 60.3 Å². The molecule has 3 heterocycles. The molecule has 0 aliphatic rings. The van der Waals surface area contributed by atoms with E-state index in [1.807, 2.05) is 0 Å². The first kappa shape index (κ1) is 39.8. The molecule has 0 spiro atoms. The van der Waals surface area contributed by atoms with Crippen LogP contribution in [0.4, 0.5) is 17.1 Å². The smallest absolute Gasteiger partial charge is 0.145 e. The van der Waals surface area contributed by atoms with Crippen LogP contribution < -0.4 is 4.90 Å². The Hall–Kier alpha value is -9.38. The van der Waals surface area contributed by atoms with Crippen molar-refractivity contribution < 1.29 is 4.42 Å². The summed E-state index contributed by atoms with van der Waals surface area (Å²) in [5, 5.41) is 7.03. The molecule has 0 saturated heterocycles. The largest absolute Gasteiger partial charge is 0.455 e. The third kappa shape index (κ3) is 6.38. The fourth-order valence-corrected chi connectivity index (χ4v) is 10.9. The van der Waals surface area contributed by atoms with Gasteiger partial charge in [0.2, 0.25) is 0 Å². The number of fused-ring (bicyclic) bond motifs is 9. The number of anilines is 3. The highest BCUT2D eigenvalue weighted by molar-refractivity contribution is 6.18. The quantitative estimate of drug-likeness (QED) is 0.152. The molecule has 14 aromatic rings. The molecular weight excluding hydrogens is 851 g/mol. The van der Waals surface area contributed by atoms with Crippen molar-refractivity contribution in [2.75, 3.05) is 4.90 Å². The molecule has 0 N–H and O–H groups in total. The van der Waals surface area contributed by atoms with Gasteiger partial charge in [-0.1, -0.05) is 158 Å². The van der Waals surface area contributed by atoms with Crippen LogP contribution >= 0.6 is 0 Å². The van der Waals surface area contributed by atoms with Gasteiger partial charge in [0.15, 0.2) is 0 Å². The van der Waals surface area contributed by atoms with E-state index in [0.717, 1.165) is 67.1 Å². The third-order valence-electron chi connectivity index (χ3n) is 14.1. The van der Waals surface area contributed by atoms with Crippen molar-refractivity contribution in [2.45, 2.75) is 0 Å². The molecule has 11 aromatic carbocycles. The third-order valence-corrected chi connectivity index (χ3v) is 14.1. The molecule has 3 aromatic heterocycles. The number of hydrogen-bond acceptors (Lipinski definition) is 2. The van der Waals surface area contributed by atoms with Crippen molar-refractivity contribution >= 4 is 82.6 Å². The SMILES string of the molecule is c1ccc(-c2ccc(N(c3ccc(-c4ccc5c(c4)c4ccccc4n5-c4ccccc4)cc3)c3ccc(-c4ccc5c(c4)c4ccccc4n5-c4ccccc4)c4oc5ccccc5c34)cc2)cc1. The molecule has 0 saturated carbocycles. The van der Waals surface area contributed by atoms with E-state index in [1.54, 1.807) is 0 Å². The summed E-state index contributed by atoms with van der Waals surface area (Å²) in [4.78, 5) is 2.39. The van der Waals surface area contributed by atoms with Gasteiger partial charge in [-0.3, -0.25) is 0 Å². The van der Waals surface area contributed by atoms with Crippen molar-refractivity contribution in [3.8, 4) is 44.8 Å². The fourth-order valence-electron chi connectivity index (χ4n) is 10.9. The maximum Gasteiger partial charge on any atom is 0.145 e. The van der Waals surface area contributed by atoms with Gasteiger partial charge in [0.05, 0.1) is 33.1 Å². The minimum absolute atomic E-state index is 0.853. The predicted octanol–water partition coefficient (Wildman–Crippen LogP) is 18.3. The van der Waals surface area contributed by atoms with Crippen molar-refractivity contribution in [1.29, 1.82) is 0 Å². The van der Waals surface area contributed by atoms with Crippen LogP contribution in [0.1, 0.15) is 0 Å². The number of rotatable bonds is 8. The molecule has 4 heteroatoms. The number of benzene rings is 11. The summed E-state index contributed by atoms with van der Waals surface area (Å²) in [5.74, 6) is 0. The summed E-state index contributed by atoms with van der Waals surface area (Å²) >= 11 is 0. The molecule has 0 bridgehead atoms. The van der Waals surface area contributed by atoms with Crippen molar-refractivity contribution in [3.05, 3.63) is 261 Å². The zero-order valence-corrected chi connectivity index (χ0v) is 38.1. The zero-order chi connectivity index (χ0) is 46.1. The van der Waals surface area contributed by atoms with Crippen LogP contribution in [0.15, 0.2) is 265 Å². The first-order chi connectivity index (χ1) is 34.7. The summed E-state index contributed by atoms with van der Waals surface area (Å²) in [6.07, 6.45) is 0. The van der Waals surface area contributed by atoms with E-state index in [9.17, 15) is 0 Å².